The molecule has 1 amide bonds. The van der Waals surface area contributed by atoms with Gasteiger partial charge < -0.3 is 19.2 Å². The number of methoxy groups -OCH3 is 1. The molecule has 0 aliphatic carbocycles. The van der Waals surface area contributed by atoms with Gasteiger partial charge in [0.2, 0.25) is 0 Å². The zero-order valence-corrected chi connectivity index (χ0v) is 16.4. The first-order chi connectivity index (χ1) is 14.2. The van der Waals surface area contributed by atoms with Crippen LogP contribution in [0.25, 0.3) is 10.6 Å². The van der Waals surface area contributed by atoms with Crippen molar-refractivity contribution in [1.29, 1.82) is 0 Å². The molecule has 0 unspecified atom stereocenters. The topological polar surface area (TPSA) is 73.6 Å². The van der Waals surface area contributed by atoms with Crippen molar-refractivity contribution in [3.8, 4) is 27.9 Å². The van der Waals surface area contributed by atoms with Gasteiger partial charge in [0.25, 0.3) is 5.91 Å². The van der Waals surface area contributed by atoms with Gasteiger partial charge in [-0.05, 0) is 41.3 Å². The normalized spacial score (nSPS) is 10.5. The Kier molecular flexibility index (Phi) is 5.58. The lowest BCUT2D eigenvalue weighted by Crippen LogP contribution is -2.23. The smallest absolute Gasteiger partial charge is 0.274 e. The molecule has 0 fully saturated rings. The van der Waals surface area contributed by atoms with Crippen molar-refractivity contribution in [1.82, 2.24) is 10.3 Å². The lowest BCUT2D eigenvalue weighted by Gasteiger charge is -2.10. The molecular weight excluding hydrogens is 388 g/mol. The molecule has 0 bridgehead atoms. The van der Waals surface area contributed by atoms with E-state index in [2.05, 4.69) is 10.3 Å². The van der Waals surface area contributed by atoms with Gasteiger partial charge in [0.1, 0.15) is 5.75 Å². The molecule has 0 spiro atoms. The van der Waals surface area contributed by atoms with Crippen LogP contribution in [0.3, 0.4) is 0 Å². The summed E-state index contributed by atoms with van der Waals surface area (Å²) in [5, 5.41) is 4.80. The summed E-state index contributed by atoms with van der Waals surface area (Å²) >= 11 is 1.49. The van der Waals surface area contributed by atoms with Gasteiger partial charge in [-0.2, -0.15) is 0 Å². The van der Waals surface area contributed by atoms with Crippen molar-refractivity contribution in [2.24, 2.45) is 0 Å². The van der Waals surface area contributed by atoms with Gasteiger partial charge in [0.15, 0.2) is 29.3 Å². The number of para-hydroxylation sites is 2. The summed E-state index contributed by atoms with van der Waals surface area (Å²) < 4.78 is 16.5. The molecular formula is C22H18N2O4S. The number of carbonyl (C=O) groups excluding carboxylic acids is 1. The third-order valence-electron chi connectivity index (χ3n) is 4.20. The van der Waals surface area contributed by atoms with Crippen molar-refractivity contribution < 1.29 is 18.7 Å². The number of oxazole rings is 1. The molecule has 7 heteroatoms. The minimum Gasteiger partial charge on any atom is -0.493 e. The molecule has 2 aromatic heterocycles. The number of hydrogen-bond acceptors (Lipinski definition) is 6. The summed E-state index contributed by atoms with van der Waals surface area (Å²) in [6.07, 6.45) is 1.29. The van der Waals surface area contributed by atoms with E-state index in [1.54, 1.807) is 7.11 Å². The number of carbonyl (C=O) groups is 1. The maximum atomic E-state index is 12.5. The van der Waals surface area contributed by atoms with Crippen LogP contribution in [0.5, 0.6) is 17.2 Å². The molecule has 0 radical (unpaired) electrons. The molecule has 146 valence electrons. The van der Waals surface area contributed by atoms with Gasteiger partial charge in [-0.25, -0.2) is 4.98 Å². The van der Waals surface area contributed by atoms with E-state index in [0.29, 0.717) is 29.6 Å². The third-order valence-corrected chi connectivity index (χ3v) is 5.07. The Morgan fingerprint density at radius 3 is 2.59 bits per heavy atom. The van der Waals surface area contributed by atoms with E-state index in [0.717, 1.165) is 10.4 Å². The van der Waals surface area contributed by atoms with Crippen LogP contribution >= 0.6 is 11.3 Å². The molecule has 0 aliphatic heterocycles. The lowest BCUT2D eigenvalue weighted by atomic mass is 10.2. The molecule has 1 N–H and O–H groups in total. The van der Waals surface area contributed by atoms with Gasteiger partial charge in [0, 0.05) is 6.54 Å². The number of ether oxygens (including phenoxy) is 2. The van der Waals surface area contributed by atoms with Gasteiger partial charge in [-0.1, -0.05) is 30.3 Å². The van der Waals surface area contributed by atoms with Crippen LogP contribution in [0, 0.1) is 0 Å². The largest absolute Gasteiger partial charge is 0.493 e. The molecule has 2 aromatic carbocycles. The first-order valence-corrected chi connectivity index (χ1v) is 9.78. The Morgan fingerprint density at radius 1 is 1.07 bits per heavy atom. The summed E-state index contributed by atoms with van der Waals surface area (Å²) in [7, 11) is 1.60. The van der Waals surface area contributed by atoms with Gasteiger partial charge in [0.05, 0.1) is 12.0 Å². The summed E-state index contributed by atoms with van der Waals surface area (Å²) in [5.41, 5.74) is 1.22. The number of thiophene rings is 1. The minimum absolute atomic E-state index is 0.281. The molecule has 2 heterocycles. The predicted octanol–water partition coefficient (Wildman–Crippen LogP) is 5.13. The molecule has 4 rings (SSSR count). The molecule has 0 aliphatic rings. The van der Waals surface area contributed by atoms with E-state index in [-0.39, 0.29) is 11.6 Å². The SMILES string of the molecule is COc1ccccc1Oc1ccc(CNC(=O)c2ncoc2-c2cccs2)cc1. The third kappa shape index (κ3) is 4.30. The zero-order valence-electron chi connectivity index (χ0n) is 15.6. The average Bonchev–Trinajstić information content (AvgIpc) is 3.45. The fraction of sp³-hybridized carbons (Fsp3) is 0.0909. The Balaban J connectivity index is 1.39. The summed E-state index contributed by atoms with van der Waals surface area (Å²) in [5.74, 6) is 2.19. The first kappa shape index (κ1) is 18.8. The highest BCUT2D eigenvalue weighted by molar-refractivity contribution is 7.13. The van der Waals surface area contributed by atoms with Gasteiger partial charge in [-0.3, -0.25) is 4.79 Å². The van der Waals surface area contributed by atoms with Crippen LogP contribution in [0.2, 0.25) is 0 Å². The average molecular weight is 406 g/mol. The maximum Gasteiger partial charge on any atom is 0.274 e. The Bertz CT molecular complexity index is 1090. The number of rotatable bonds is 7. The highest BCUT2D eigenvalue weighted by atomic mass is 32.1. The van der Waals surface area contributed by atoms with E-state index in [9.17, 15) is 4.79 Å². The summed E-state index contributed by atoms with van der Waals surface area (Å²) in [6, 6.07) is 18.7. The standard InChI is InChI=1S/C22H18N2O4S/c1-26-17-5-2-3-6-18(17)28-16-10-8-15(9-11-16)13-23-22(25)20-21(27-14-24-20)19-7-4-12-29-19/h2-12,14H,13H2,1H3,(H,23,25). The first-order valence-electron chi connectivity index (χ1n) is 8.90. The van der Waals surface area contributed by atoms with E-state index >= 15 is 0 Å². The fourth-order valence-corrected chi connectivity index (χ4v) is 3.47. The van der Waals surface area contributed by atoms with Crippen LogP contribution in [0.4, 0.5) is 0 Å². The predicted molar refractivity (Wildman–Crippen MR) is 110 cm³/mol. The summed E-state index contributed by atoms with van der Waals surface area (Å²) in [6.45, 7) is 0.366. The molecule has 0 saturated heterocycles. The highest BCUT2D eigenvalue weighted by Gasteiger charge is 2.18. The van der Waals surface area contributed by atoms with Crippen molar-refractivity contribution in [3.05, 3.63) is 83.7 Å². The van der Waals surface area contributed by atoms with Crippen molar-refractivity contribution in [2.45, 2.75) is 6.54 Å². The number of nitrogens with one attached hydrogen (secondary N) is 1. The monoisotopic (exact) mass is 406 g/mol. The Morgan fingerprint density at radius 2 is 1.86 bits per heavy atom. The Hall–Kier alpha value is -3.58. The number of hydrogen-bond donors (Lipinski definition) is 1. The second-order valence-electron chi connectivity index (χ2n) is 6.09. The molecule has 29 heavy (non-hydrogen) atoms. The zero-order chi connectivity index (χ0) is 20.1. The number of benzene rings is 2. The number of nitrogens with zero attached hydrogens (tertiary/aromatic N) is 1. The molecule has 6 nitrogen and oxygen atoms in total. The van der Waals surface area contributed by atoms with Crippen LogP contribution in [0.15, 0.2) is 76.9 Å². The van der Waals surface area contributed by atoms with E-state index in [1.807, 2.05) is 66.0 Å². The lowest BCUT2D eigenvalue weighted by molar-refractivity contribution is 0.0947. The van der Waals surface area contributed by atoms with Gasteiger partial charge >= 0.3 is 0 Å². The van der Waals surface area contributed by atoms with Crippen molar-refractivity contribution in [2.75, 3.05) is 7.11 Å². The molecule has 0 saturated carbocycles. The van der Waals surface area contributed by atoms with Crippen molar-refractivity contribution >= 4 is 17.2 Å². The number of amides is 1. The maximum absolute atomic E-state index is 12.5. The van der Waals surface area contributed by atoms with Gasteiger partial charge in [-0.15, -0.1) is 11.3 Å². The fourth-order valence-electron chi connectivity index (χ4n) is 2.76. The van der Waals surface area contributed by atoms with Crippen molar-refractivity contribution in [3.63, 3.8) is 0 Å². The van der Waals surface area contributed by atoms with Crippen LogP contribution in [-0.2, 0) is 6.54 Å². The van der Waals surface area contributed by atoms with Crippen LogP contribution in [-0.4, -0.2) is 18.0 Å². The number of aromatic nitrogens is 1. The highest BCUT2D eigenvalue weighted by Crippen LogP contribution is 2.31. The summed E-state index contributed by atoms with van der Waals surface area (Å²) in [4.78, 5) is 17.4. The second-order valence-corrected chi connectivity index (χ2v) is 7.03. The van der Waals surface area contributed by atoms with E-state index < -0.39 is 0 Å². The second kappa shape index (κ2) is 8.62. The van der Waals surface area contributed by atoms with E-state index in [4.69, 9.17) is 13.9 Å². The quantitative estimate of drug-likeness (QED) is 0.460. The molecule has 0 atom stereocenters. The van der Waals surface area contributed by atoms with E-state index in [1.165, 1.54) is 17.7 Å². The van der Waals surface area contributed by atoms with Crippen LogP contribution < -0.4 is 14.8 Å². The minimum atomic E-state index is -0.281. The molecule has 4 aromatic rings. The Labute approximate surface area is 171 Å². The van der Waals surface area contributed by atoms with Crippen LogP contribution in [0.1, 0.15) is 16.1 Å².